The maximum Gasteiger partial charge on any atom is 0.309 e. The van der Waals surface area contributed by atoms with Gasteiger partial charge in [-0.25, -0.2) is 0 Å². The van der Waals surface area contributed by atoms with E-state index in [0.29, 0.717) is 25.1 Å². The molecule has 0 amide bonds. The fourth-order valence-electron chi connectivity index (χ4n) is 2.08. The van der Waals surface area contributed by atoms with Crippen molar-refractivity contribution in [3.63, 3.8) is 0 Å². The first-order valence-electron chi connectivity index (χ1n) is 8.51. The number of esters is 1. The van der Waals surface area contributed by atoms with Crippen LogP contribution >= 0.6 is 7.80 Å². The molecule has 0 N–H and O–H groups in total. The van der Waals surface area contributed by atoms with Crippen LogP contribution in [0.25, 0.3) is 0 Å². The highest BCUT2D eigenvalue weighted by Gasteiger charge is 2.20. The Kier molecular flexibility index (Phi) is 9.70. The van der Waals surface area contributed by atoms with Crippen LogP contribution in [0.15, 0.2) is 24.3 Å². The number of benzene rings is 1. The van der Waals surface area contributed by atoms with E-state index in [1.54, 1.807) is 6.92 Å². The summed E-state index contributed by atoms with van der Waals surface area (Å²) in [4.78, 5) is 11.9. The van der Waals surface area contributed by atoms with Gasteiger partial charge < -0.3 is 14.0 Å². The van der Waals surface area contributed by atoms with E-state index in [9.17, 15) is 9.36 Å². The van der Waals surface area contributed by atoms with Crippen LogP contribution in [-0.2, 0) is 14.1 Å². The maximum atomic E-state index is 12.6. The summed E-state index contributed by atoms with van der Waals surface area (Å²) in [6.45, 7) is 6.99. The number of carbonyl (C=O) groups is 1. The van der Waals surface area contributed by atoms with Gasteiger partial charge in [0.15, 0.2) is 0 Å². The van der Waals surface area contributed by atoms with E-state index in [4.69, 9.17) is 9.47 Å². The number of hydrogen-bond donors (Lipinski definition) is 0. The van der Waals surface area contributed by atoms with Crippen molar-refractivity contribution >= 4 is 19.1 Å². The zero-order chi connectivity index (χ0) is 17.1. The van der Waals surface area contributed by atoms with Gasteiger partial charge in [0.1, 0.15) is 13.6 Å². The normalized spacial score (nSPS) is 13.3. The minimum absolute atomic E-state index is 0.263. The Morgan fingerprint density at radius 1 is 1.13 bits per heavy atom. The highest BCUT2D eigenvalue weighted by Crippen LogP contribution is 2.29. The SMILES string of the molecule is CCCCOC(=O)C(C)C[PH](=O)c1ccccc1OCCCC. The number of para-hydroxylation sites is 1. The summed E-state index contributed by atoms with van der Waals surface area (Å²) in [5.41, 5.74) is 0. The molecule has 0 aliphatic carbocycles. The lowest BCUT2D eigenvalue weighted by molar-refractivity contribution is -0.147. The Morgan fingerprint density at radius 3 is 2.48 bits per heavy atom. The molecule has 1 rings (SSSR count). The van der Waals surface area contributed by atoms with E-state index in [1.165, 1.54) is 0 Å². The molecule has 130 valence electrons. The fourth-order valence-corrected chi connectivity index (χ4v) is 3.74. The fraction of sp³-hybridized carbons (Fsp3) is 0.611. The molecule has 0 aliphatic heterocycles. The molecule has 2 unspecified atom stereocenters. The van der Waals surface area contributed by atoms with E-state index in [1.807, 2.05) is 31.2 Å². The second kappa shape index (κ2) is 11.3. The molecular formula is C18H29O4P. The van der Waals surface area contributed by atoms with Crippen molar-refractivity contribution in [1.29, 1.82) is 0 Å². The van der Waals surface area contributed by atoms with Crippen LogP contribution in [0.5, 0.6) is 5.75 Å². The van der Waals surface area contributed by atoms with Gasteiger partial charge in [0, 0.05) is 6.16 Å². The molecule has 0 aliphatic rings. The molecule has 0 saturated carbocycles. The largest absolute Gasteiger partial charge is 0.493 e. The van der Waals surface area contributed by atoms with Gasteiger partial charge >= 0.3 is 5.97 Å². The lowest BCUT2D eigenvalue weighted by Gasteiger charge is -2.14. The molecular weight excluding hydrogens is 311 g/mol. The number of rotatable bonds is 11. The van der Waals surface area contributed by atoms with E-state index >= 15 is 0 Å². The van der Waals surface area contributed by atoms with Gasteiger partial charge in [-0.15, -0.1) is 0 Å². The van der Waals surface area contributed by atoms with Gasteiger partial charge in [0.05, 0.1) is 24.4 Å². The standard InChI is InChI=1S/C18H29O4P/c1-4-6-12-21-16-10-8-9-11-17(16)23(20)14-15(3)18(19)22-13-7-5-2/h8-11,15,23H,4-7,12-14H2,1-3H3. The molecule has 23 heavy (non-hydrogen) atoms. The summed E-state index contributed by atoms with van der Waals surface area (Å²) in [7, 11) is -2.08. The van der Waals surface area contributed by atoms with Gasteiger partial charge in [0.2, 0.25) is 0 Å². The molecule has 5 heteroatoms. The van der Waals surface area contributed by atoms with Crippen molar-refractivity contribution in [2.24, 2.45) is 5.92 Å². The monoisotopic (exact) mass is 340 g/mol. The quantitative estimate of drug-likeness (QED) is 0.347. The number of ether oxygens (including phenoxy) is 2. The van der Waals surface area contributed by atoms with Crippen LogP contribution in [0.1, 0.15) is 46.5 Å². The molecule has 1 aromatic carbocycles. The summed E-state index contributed by atoms with van der Waals surface area (Å²) in [6, 6.07) is 7.41. The first-order valence-corrected chi connectivity index (χ1v) is 10.1. The van der Waals surface area contributed by atoms with Crippen molar-refractivity contribution < 1.29 is 18.8 Å². The van der Waals surface area contributed by atoms with E-state index < -0.39 is 7.80 Å². The Hall–Kier alpha value is -1.28. The Labute approximate surface area is 140 Å². The van der Waals surface area contributed by atoms with E-state index in [-0.39, 0.29) is 11.9 Å². The predicted molar refractivity (Wildman–Crippen MR) is 95.4 cm³/mol. The highest BCUT2D eigenvalue weighted by atomic mass is 31.1. The topological polar surface area (TPSA) is 52.6 Å². The summed E-state index contributed by atoms with van der Waals surface area (Å²) >= 11 is 0. The van der Waals surface area contributed by atoms with Crippen molar-refractivity contribution in [3.8, 4) is 5.75 Å². The van der Waals surface area contributed by atoms with Crippen LogP contribution in [0.4, 0.5) is 0 Å². The molecule has 0 bridgehead atoms. The van der Waals surface area contributed by atoms with Crippen LogP contribution in [-0.4, -0.2) is 25.3 Å². The molecule has 0 saturated heterocycles. The maximum absolute atomic E-state index is 12.6. The van der Waals surface area contributed by atoms with Crippen LogP contribution < -0.4 is 10.0 Å². The molecule has 0 radical (unpaired) electrons. The molecule has 4 nitrogen and oxygen atoms in total. The van der Waals surface area contributed by atoms with Crippen molar-refractivity contribution in [2.75, 3.05) is 19.4 Å². The van der Waals surface area contributed by atoms with E-state index in [0.717, 1.165) is 31.0 Å². The van der Waals surface area contributed by atoms with Crippen molar-refractivity contribution in [2.45, 2.75) is 46.5 Å². The Bertz CT molecular complexity index is 502. The summed E-state index contributed by atoms with van der Waals surface area (Å²) in [6.07, 6.45) is 4.19. The second-order valence-electron chi connectivity index (χ2n) is 5.75. The number of unbranched alkanes of at least 4 members (excludes halogenated alkanes) is 2. The average Bonchev–Trinajstić information content (AvgIpc) is 2.55. The number of carbonyl (C=O) groups excluding carboxylic acids is 1. The van der Waals surface area contributed by atoms with E-state index in [2.05, 4.69) is 6.92 Å². The van der Waals surface area contributed by atoms with Gasteiger partial charge in [-0.05, 0) is 25.0 Å². The zero-order valence-electron chi connectivity index (χ0n) is 14.5. The lowest BCUT2D eigenvalue weighted by Crippen LogP contribution is -2.19. The molecule has 0 spiro atoms. The minimum Gasteiger partial charge on any atom is -0.493 e. The van der Waals surface area contributed by atoms with Crippen molar-refractivity contribution in [3.05, 3.63) is 24.3 Å². The molecule has 1 aromatic rings. The second-order valence-corrected chi connectivity index (χ2v) is 7.54. The first kappa shape index (κ1) is 19.8. The predicted octanol–water partition coefficient (Wildman–Crippen LogP) is 4.03. The van der Waals surface area contributed by atoms with Crippen LogP contribution in [0.3, 0.4) is 0 Å². The van der Waals surface area contributed by atoms with Gasteiger partial charge in [-0.3, -0.25) is 4.79 Å². The summed E-state index contributed by atoms with van der Waals surface area (Å²) in [5, 5.41) is 0.724. The third kappa shape index (κ3) is 7.22. The van der Waals surface area contributed by atoms with Crippen molar-refractivity contribution in [1.82, 2.24) is 0 Å². The zero-order valence-corrected chi connectivity index (χ0v) is 15.5. The molecule has 0 fully saturated rings. The van der Waals surface area contributed by atoms with Crippen LogP contribution in [0, 0.1) is 5.92 Å². The first-order chi connectivity index (χ1) is 11.1. The lowest BCUT2D eigenvalue weighted by atomic mass is 10.2. The van der Waals surface area contributed by atoms with Gasteiger partial charge in [-0.2, -0.15) is 0 Å². The summed E-state index contributed by atoms with van der Waals surface area (Å²) in [5.74, 6) is 0.0551. The highest BCUT2D eigenvalue weighted by molar-refractivity contribution is 7.53. The third-order valence-electron chi connectivity index (χ3n) is 3.58. The third-order valence-corrected chi connectivity index (χ3v) is 5.58. The minimum atomic E-state index is -2.08. The van der Waals surface area contributed by atoms with Gasteiger partial charge in [0.25, 0.3) is 0 Å². The number of hydrogen-bond acceptors (Lipinski definition) is 4. The van der Waals surface area contributed by atoms with Crippen LogP contribution in [0.2, 0.25) is 0 Å². The molecule has 2 atom stereocenters. The Balaban J connectivity index is 2.61. The average molecular weight is 340 g/mol. The molecule has 0 aromatic heterocycles. The van der Waals surface area contributed by atoms with Gasteiger partial charge in [-0.1, -0.05) is 45.7 Å². The smallest absolute Gasteiger partial charge is 0.309 e. The molecule has 0 heterocycles. The Morgan fingerprint density at radius 2 is 1.78 bits per heavy atom. The summed E-state index contributed by atoms with van der Waals surface area (Å²) < 4.78 is 23.6.